The SMILES string of the molecule is O=C1CN(c2ccc(NC(=O)CCn3cnc4sccc4c3=O)cc2Cl)CCN1. The fourth-order valence-corrected chi connectivity index (χ4v) is 4.21. The van der Waals surface area contributed by atoms with Crippen LogP contribution in [0, 0.1) is 0 Å². The lowest BCUT2D eigenvalue weighted by Gasteiger charge is -2.29. The van der Waals surface area contributed by atoms with E-state index in [0.29, 0.717) is 34.0 Å². The van der Waals surface area contributed by atoms with E-state index < -0.39 is 0 Å². The molecule has 8 nitrogen and oxygen atoms in total. The van der Waals surface area contributed by atoms with Gasteiger partial charge in [-0.15, -0.1) is 11.3 Å². The van der Waals surface area contributed by atoms with Crippen LogP contribution in [0.25, 0.3) is 10.2 Å². The van der Waals surface area contributed by atoms with Crippen LogP contribution in [-0.4, -0.2) is 41.0 Å². The predicted molar refractivity (Wildman–Crippen MR) is 114 cm³/mol. The van der Waals surface area contributed by atoms with Gasteiger partial charge in [0, 0.05) is 31.7 Å². The number of amides is 2. The van der Waals surface area contributed by atoms with E-state index in [2.05, 4.69) is 15.6 Å². The van der Waals surface area contributed by atoms with E-state index in [4.69, 9.17) is 11.6 Å². The summed E-state index contributed by atoms with van der Waals surface area (Å²) in [7, 11) is 0. The summed E-state index contributed by atoms with van der Waals surface area (Å²) in [6, 6.07) is 6.93. The van der Waals surface area contributed by atoms with E-state index in [1.165, 1.54) is 22.2 Å². The Labute approximate surface area is 175 Å². The zero-order chi connectivity index (χ0) is 20.4. The molecule has 1 aliphatic heterocycles. The van der Waals surface area contributed by atoms with Gasteiger partial charge < -0.3 is 15.5 Å². The number of nitrogens with one attached hydrogen (secondary N) is 2. The Kier molecular flexibility index (Phi) is 5.50. The highest BCUT2D eigenvalue weighted by atomic mass is 35.5. The van der Waals surface area contributed by atoms with Gasteiger partial charge in [-0.2, -0.15) is 0 Å². The van der Waals surface area contributed by atoms with Crippen LogP contribution in [0.4, 0.5) is 11.4 Å². The van der Waals surface area contributed by atoms with E-state index >= 15 is 0 Å². The second-order valence-corrected chi connectivity index (χ2v) is 7.92. The molecule has 0 bridgehead atoms. The summed E-state index contributed by atoms with van der Waals surface area (Å²) >= 11 is 7.76. The monoisotopic (exact) mass is 431 g/mol. The van der Waals surface area contributed by atoms with Crippen LogP contribution in [0.2, 0.25) is 5.02 Å². The van der Waals surface area contributed by atoms with Crippen molar-refractivity contribution in [2.45, 2.75) is 13.0 Å². The van der Waals surface area contributed by atoms with E-state index in [-0.39, 0.29) is 36.9 Å². The van der Waals surface area contributed by atoms with Crippen molar-refractivity contribution < 1.29 is 9.59 Å². The quantitative estimate of drug-likeness (QED) is 0.644. The van der Waals surface area contributed by atoms with E-state index in [1.54, 1.807) is 24.3 Å². The van der Waals surface area contributed by atoms with Gasteiger partial charge in [0.05, 0.1) is 29.0 Å². The average Bonchev–Trinajstić information content (AvgIpc) is 3.17. The number of aromatic nitrogens is 2. The smallest absolute Gasteiger partial charge is 0.262 e. The number of carbonyl (C=O) groups excluding carboxylic acids is 2. The average molecular weight is 432 g/mol. The fraction of sp³-hybridized carbons (Fsp3) is 0.263. The lowest BCUT2D eigenvalue weighted by atomic mass is 10.2. The number of thiophene rings is 1. The Morgan fingerprint density at radius 3 is 2.97 bits per heavy atom. The van der Waals surface area contributed by atoms with Gasteiger partial charge in [0.15, 0.2) is 0 Å². The maximum Gasteiger partial charge on any atom is 0.262 e. The zero-order valence-corrected chi connectivity index (χ0v) is 16.9. The summed E-state index contributed by atoms with van der Waals surface area (Å²) in [4.78, 5) is 43.0. The molecule has 1 aromatic carbocycles. The first kappa shape index (κ1) is 19.4. The fourth-order valence-electron chi connectivity index (χ4n) is 3.18. The Morgan fingerprint density at radius 2 is 2.17 bits per heavy atom. The minimum absolute atomic E-state index is 0.0462. The molecule has 10 heteroatoms. The molecule has 0 radical (unpaired) electrons. The third kappa shape index (κ3) is 4.25. The van der Waals surface area contributed by atoms with Crippen molar-refractivity contribution in [3.63, 3.8) is 0 Å². The number of halogens is 1. The normalized spacial score (nSPS) is 14.1. The highest BCUT2D eigenvalue weighted by Crippen LogP contribution is 2.29. The topological polar surface area (TPSA) is 96.3 Å². The molecule has 2 N–H and O–H groups in total. The molecule has 0 unspecified atom stereocenters. The van der Waals surface area contributed by atoms with Gasteiger partial charge in [0.1, 0.15) is 4.83 Å². The molecule has 0 spiro atoms. The standard InChI is InChI=1S/C19H18ClN5O3S/c20-14-9-12(1-2-15(14)24-7-5-21-17(27)10-24)23-16(26)3-6-25-11-22-18-13(19(25)28)4-8-29-18/h1-2,4,8-9,11H,3,5-7,10H2,(H,21,27)(H,23,26). The van der Waals surface area contributed by atoms with Crippen LogP contribution in [0.1, 0.15) is 6.42 Å². The molecule has 3 heterocycles. The third-order valence-electron chi connectivity index (χ3n) is 4.64. The highest BCUT2D eigenvalue weighted by molar-refractivity contribution is 7.16. The molecule has 0 saturated carbocycles. The van der Waals surface area contributed by atoms with Crippen molar-refractivity contribution >= 4 is 56.3 Å². The Bertz CT molecular complexity index is 1140. The molecule has 2 amide bonds. The molecular weight excluding hydrogens is 414 g/mol. The van der Waals surface area contributed by atoms with Crippen LogP contribution in [-0.2, 0) is 16.1 Å². The first-order valence-electron chi connectivity index (χ1n) is 9.05. The summed E-state index contributed by atoms with van der Waals surface area (Å²) in [6.07, 6.45) is 1.60. The van der Waals surface area contributed by atoms with Gasteiger partial charge in [0.2, 0.25) is 11.8 Å². The van der Waals surface area contributed by atoms with E-state index in [9.17, 15) is 14.4 Å². The van der Waals surface area contributed by atoms with Gasteiger partial charge >= 0.3 is 0 Å². The van der Waals surface area contributed by atoms with E-state index in [0.717, 1.165) is 5.69 Å². The van der Waals surface area contributed by atoms with Crippen LogP contribution in [0.5, 0.6) is 0 Å². The molecular formula is C19H18ClN5O3S. The molecule has 3 aromatic rings. The first-order chi connectivity index (χ1) is 14.0. The molecule has 150 valence electrons. The number of piperazine rings is 1. The summed E-state index contributed by atoms with van der Waals surface area (Å²) in [5.74, 6) is -0.279. The summed E-state index contributed by atoms with van der Waals surface area (Å²) < 4.78 is 1.44. The summed E-state index contributed by atoms with van der Waals surface area (Å²) in [5, 5.41) is 8.40. The van der Waals surface area contributed by atoms with Gasteiger partial charge in [-0.1, -0.05) is 11.6 Å². The van der Waals surface area contributed by atoms with Crippen LogP contribution >= 0.6 is 22.9 Å². The van der Waals surface area contributed by atoms with E-state index in [1.807, 2.05) is 10.3 Å². The number of hydrogen-bond acceptors (Lipinski definition) is 6. The Morgan fingerprint density at radius 1 is 1.31 bits per heavy atom. The molecule has 4 rings (SSSR count). The second-order valence-electron chi connectivity index (χ2n) is 6.62. The molecule has 1 fully saturated rings. The third-order valence-corrected chi connectivity index (χ3v) is 5.76. The molecule has 2 aromatic heterocycles. The van der Waals surface area contributed by atoms with Gasteiger partial charge in [-0.3, -0.25) is 19.0 Å². The number of aryl methyl sites for hydroxylation is 1. The number of benzene rings is 1. The first-order valence-corrected chi connectivity index (χ1v) is 10.3. The minimum atomic E-state index is -0.233. The number of rotatable bonds is 5. The lowest BCUT2D eigenvalue weighted by molar-refractivity contribution is -0.120. The van der Waals surface area contributed by atoms with Crippen molar-refractivity contribution in [2.75, 3.05) is 29.9 Å². The van der Waals surface area contributed by atoms with Gasteiger partial charge in [0.25, 0.3) is 5.56 Å². The van der Waals surface area contributed by atoms with Crippen molar-refractivity contribution in [3.8, 4) is 0 Å². The second kappa shape index (κ2) is 8.22. The molecule has 0 atom stereocenters. The minimum Gasteiger partial charge on any atom is -0.359 e. The number of hydrogen-bond donors (Lipinski definition) is 2. The molecule has 1 saturated heterocycles. The number of fused-ring (bicyclic) bond motifs is 1. The van der Waals surface area contributed by atoms with Gasteiger partial charge in [-0.05, 0) is 29.6 Å². The predicted octanol–water partition coefficient (Wildman–Crippen LogP) is 2.08. The van der Waals surface area contributed by atoms with Gasteiger partial charge in [-0.25, -0.2) is 4.98 Å². The zero-order valence-electron chi connectivity index (χ0n) is 15.4. The number of nitrogens with zero attached hydrogens (tertiary/aromatic N) is 3. The van der Waals surface area contributed by atoms with Crippen LogP contribution < -0.4 is 21.1 Å². The maximum atomic E-state index is 12.4. The number of carbonyl (C=O) groups is 2. The molecule has 1 aliphatic rings. The summed E-state index contributed by atoms with van der Waals surface area (Å²) in [6.45, 7) is 1.73. The van der Waals surface area contributed by atoms with Crippen molar-refractivity contribution in [2.24, 2.45) is 0 Å². The van der Waals surface area contributed by atoms with Crippen LogP contribution in [0.3, 0.4) is 0 Å². The van der Waals surface area contributed by atoms with Crippen molar-refractivity contribution in [1.82, 2.24) is 14.9 Å². The number of anilines is 2. The highest BCUT2D eigenvalue weighted by Gasteiger charge is 2.19. The lowest BCUT2D eigenvalue weighted by Crippen LogP contribution is -2.47. The molecule has 29 heavy (non-hydrogen) atoms. The Hall–Kier alpha value is -2.91. The Balaban J connectivity index is 1.39. The maximum absolute atomic E-state index is 12.4. The van der Waals surface area contributed by atoms with Crippen LogP contribution in [0.15, 0.2) is 40.8 Å². The largest absolute Gasteiger partial charge is 0.359 e. The van der Waals surface area contributed by atoms with Crippen molar-refractivity contribution in [1.29, 1.82) is 0 Å². The van der Waals surface area contributed by atoms with Crippen molar-refractivity contribution in [3.05, 3.63) is 51.3 Å². The summed E-state index contributed by atoms with van der Waals surface area (Å²) in [5.41, 5.74) is 1.16. The molecule has 0 aliphatic carbocycles.